The number of hydrogen-bond acceptors (Lipinski definition) is 2. The number of carboxylic acid groups (broad SMARTS) is 1. The number of rotatable bonds is 4. The lowest BCUT2D eigenvalue weighted by Crippen LogP contribution is -2.25. The molecule has 0 aliphatic rings. The highest BCUT2D eigenvalue weighted by atomic mass is 16.4. The van der Waals surface area contributed by atoms with Gasteiger partial charge in [0.05, 0.1) is 5.92 Å². The van der Waals surface area contributed by atoms with Crippen LogP contribution in [0.3, 0.4) is 0 Å². The molecule has 0 aromatic heterocycles. The van der Waals surface area contributed by atoms with Gasteiger partial charge in [-0.2, -0.15) is 0 Å². The van der Waals surface area contributed by atoms with Crippen molar-refractivity contribution < 1.29 is 9.90 Å². The predicted octanol–water partition coefficient (Wildman–Crippen LogP) is 1.51. The van der Waals surface area contributed by atoms with Gasteiger partial charge in [-0.1, -0.05) is 23.8 Å². The Balaban J connectivity index is 2.84. The normalized spacial score (nSPS) is 12.5. The molecule has 82 valence electrons. The van der Waals surface area contributed by atoms with Crippen LogP contribution in [0.2, 0.25) is 0 Å². The summed E-state index contributed by atoms with van der Waals surface area (Å²) in [5.74, 6) is -1.30. The van der Waals surface area contributed by atoms with E-state index in [0.717, 1.165) is 11.1 Å². The number of carbonyl (C=O) groups is 1. The standard InChI is InChI=1S/C12H17NO2/c1-8-3-4-10(9(2)5-8)6-11(7-13)12(14)15/h3-5,11H,6-7,13H2,1-2H3,(H,14,15). The zero-order valence-electron chi connectivity index (χ0n) is 9.16. The third-order valence-corrected chi connectivity index (χ3v) is 2.60. The molecular weight excluding hydrogens is 190 g/mol. The molecule has 1 aromatic rings. The Labute approximate surface area is 89.9 Å². The molecule has 3 N–H and O–H groups in total. The minimum absolute atomic E-state index is 0.183. The van der Waals surface area contributed by atoms with E-state index < -0.39 is 11.9 Å². The first kappa shape index (κ1) is 11.7. The molecule has 0 heterocycles. The first-order valence-electron chi connectivity index (χ1n) is 5.03. The maximum Gasteiger partial charge on any atom is 0.308 e. The van der Waals surface area contributed by atoms with E-state index in [1.165, 1.54) is 5.56 Å². The summed E-state index contributed by atoms with van der Waals surface area (Å²) in [5.41, 5.74) is 8.81. The van der Waals surface area contributed by atoms with Gasteiger partial charge in [-0.15, -0.1) is 0 Å². The van der Waals surface area contributed by atoms with Gasteiger partial charge in [0.25, 0.3) is 0 Å². The predicted molar refractivity (Wildman–Crippen MR) is 59.8 cm³/mol. The molecule has 0 saturated heterocycles. The Hall–Kier alpha value is -1.35. The van der Waals surface area contributed by atoms with Gasteiger partial charge in [0, 0.05) is 6.54 Å². The van der Waals surface area contributed by atoms with Crippen LogP contribution in [0.4, 0.5) is 0 Å². The highest BCUT2D eigenvalue weighted by Crippen LogP contribution is 2.15. The second-order valence-corrected chi connectivity index (χ2v) is 3.90. The Morgan fingerprint density at radius 3 is 2.60 bits per heavy atom. The fraction of sp³-hybridized carbons (Fsp3) is 0.417. The average Bonchev–Trinajstić information content (AvgIpc) is 2.16. The van der Waals surface area contributed by atoms with Gasteiger partial charge in [0.2, 0.25) is 0 Å². The quantitative estimate of drug-likeness (QED) is 0.786. The van der Waals surface area contributed by atoms with Crippen LogP contribution < -0.4 is 5.73 Å². The van der Waals surface area contributed by atoms with Crippen molar-refractivity contribution in [2.75, 3.05) is 6.54 Å². The van der Waals surface area contributed by atoms with E-state index in [1.54, 1.807) is 0 Å². The molecule has 0 radical (unpaired) electrons. The van der Waals surface area contributed by atoms with Gasteiger partial charge in [-0.3, -0.25) is 4.79 Å². The van der Waals surface area contributed by atoms with Crippen molar-refractivity contribution in [1.82, 2.24) is 0 Å². The van der Waals surface area contributed by atoms with Crippen LogP contribution in [0.15, 0.2) is 18.2 Å². The fourth-order valence-corrected chi connectivity index (χ4v) is 1.61. The van der Waals surface area contributed by atoms with Gasteiger partial charge >= 0.3 is 5.97 Å². The Morgan fingerprint density at radius 1 is 1.47 bits per heavy atom. The van der Waals surface area contributed by atoms with E-state index in [2.05, 4.69) is 6.07 Å². The summed E-state index contributed by atoms with van der Waals surface area (Å²) in [6, 6.07) is 6.04. The van der Waals surface area contributed by atoms with Crippen molar-refractivity contribution in [2.24, 2.45) is 11.7 Å². The number of carboxylic acids is 1. The van der Waals surface area contributed by atoms with Crippen LogP contribution in [0.25, 0.3) is 0 Å². The molecule has 3 heteroatoms. The van der Waals surface area contributed by atoms with Crippen molar-refractivity contribution in [3.63, 3.8) is 0 Å². The van der Waals surface area contributed by atoms with Crippen molar-refractivity contribution in [3.05, 3.63) is 34.9 Å². The molecule has 0 aliphatic carbocycles. The molecule has 1 aromatic carbocycles. The number of hydrogen-bond donors (Lipinski definition) is 2. The molecule has 0 aliphatic heterocycles. The van der Waals surface area contributed by atoms with Crippen LogP contribution in [0.1, 0.15) is 16.7 Å². The maximum atomic E-state index is 10.8. The lowest BCUT2D eigenvalue weighted by Gasteiger charge is -2.12. The highest BCUT2D eigenvalue weighted by Gasteiger charge is 2.16. The van der Waals surface area contributed by atoms with Crippen molar-refractivity contribution in [2.45, 2.75) is 20.3 Å². The van der Waals surface area contributed by atoms with Crippen LogP contribution in [0, 0.1) is 19.8 Å². The third-order valence-electron chi connectivity index (χ3n) is 2.60. The van der Waals surface area contributed by atoms with Gasteiger partial charge in [-0.25, -0.2) is 0 Å². The molecule has 0 bridgehead atoms. The summed E-state index contributed by atoms with van der Waals surface area (Å²) >= 11 is 0. The first-order valence-corrected chi connectivity index (χ1v) is 5.03. The van der Waals surface area contributed by atoms with Crippen LogP contribution in [0.5, 0.6) is 0 Å². The molecule has 0 spiro atoms. The SMILES string of the molecule is Cc1ccc(CC(CN)C(=O)O)c(C)c1. The zero-order valence-corrected chi connectivity index (χ0v) is 9.16. The molecule has 1 unspecified atom stereocenters. The molecule has 1 rings (SSSR count). The molecule has 1 atom stereocenters. The monoisotopic (exact) mass is 207 g/mol. The Morgan fingerprint density at radius 2 is 2.13 bits per heavy atom. The van der Waals surface area contributed by atoms with E-state index in [1.807, 2.05) is 26.0 Å². The maximum absolute atomic E-state index is 10.8. The number of nitrogens with two attached hydrogens (primary N) is 1. The van der Waals surface area contributed by atoms with Gasteiger partial charge < -0.3 is 10.8 Å². The number of benzene rings is 1. The smallest absolute Gasteiger partial charge is 0.308 e. The Kier molecular flexibility index (Phi) is 3.86. The molecule has 0 amide bonds. The van der Waals surface area contributed by atoms with Crippen LogP contribution in [-0.2, 0) is 11.2 Å². The summed E-state index contributed by atoms with van der Waals surface area (Å²) < 4.78 is 0. The Bertz CT molecular complexity index is 361. The fourth-order valence-electron chi connectivity index (χ4n) is 1.61. The molecular formula is C12H17NO2. The summed E-state index contributed by atoms with van der Waals surface area (Å²) in [4.78, 5) is 10.8. The van der Waals surface area contributed by atoms with E-state index in [4.69, 9.17) is 10.8 Å². The minimum atomic E-state index is -0.822. The molecule has 0 saturated carbocycles. The molecule has 15 heavy (non-hydrogen) atoms. The van der Waals surface area contributed by atoms with E-state index >= 15 is 0 Å². The third kappa shape index (κ3) is 3.06. The van der Waals surface area contributed by atoms with E-state index in [0.29, 0.717) is 6.42 Å². The second-order valence-electron chi connectivity index (χ2n) is 3.90. The second kappa shape index (κ2) is 4.94. The number of aliphatic carboxylic acids is 1. The number of aryl methyl sites for hydroxylation is 2. The topological polar surface area (TPSA) is 63.3 Å². The highest BCUT2D eigenvalue weighted by molar-refractivity contribution is 5.70. The summed E-state index contributed by atoms with van der Waals surface area (Å²) in [6.45, 7) is 4.20. The minimum Gasteiger partial charge on any atom is -0.481 e. The largest absolute Gasteiger partial charge is 0.481 e. The molecule has 3 nitrogen and oxygen atoms in total. The summed E-state index contributed by atoms with van der Waals surface area (Å²) in [5, 5.41) is 8.90. The van der Waals surface area contributed by atoms with Crippen LogP contribution in [-0.4, -0.2) is 17.6 Å². The van der Waals surface area contributed by atoms with Gasteiger partial charge in [-0.05, 0) is 31.4 Å². The van der Waals surface area contributed by atoms with Gasteiger partial charge in [0.15, 0.2) is 0 Å². The molecule has 0 fully saturated rings. The lowest BCUT2D eigenvalue weighted by molar-refractivity contribution is -0.141. The zero-order chi connectivity index (χ0) is 11.4. The summed E-state index contributed by atoms with van der Waals surface area (Å²) in [7, 11) is 0. The van der Waals surface area contributed by atoms with E-state index in [9.17, 15) is 4.79 Å². The van der Waals surface area contributed by atoms with Crippen molar-refractivity contribution >= 4 is 5.97 Å². The van der Waals surface area contributed by atoms with Crippen molar-refractivity contribution in [1.29, 1.82) is 0 Å². The average molecular weight is 207 g/mol. The van der Waals surface area contributed by atoms with Gasteiger partial charge in [0.1, 0.15) is 0 Å². The van der Waals surface area contributed by atoms with E-state index in [-0.39, 0.29) is 6.54 Å². The van der Waals surface area contributed by atoms with Crippen LogP contribution >= 0.6 is 0 Å². The first-order chi connectivity index (χ1) is 7.04. The lowest BCUT2D eigenvalue weighted by atomic mass is 9.95. The summed E-state index contributed by atoms with van der Waals surface area (Å²) in [6.07, 6.45) is 0.512. The van der Waals surface area contributed by atoms with Crippen molar-refractivity contribution in [3.8, 4) is 0 Å².